The second-order valence-electron chi connectivity index (χ2n) is 4.36. The lowest BCUT2D eigenvalue weighted by molar-refractivity contribution is -0.136. The maximum Gasteiger partial charge on any atom is 0.307 e. The van der Waals surface area contributed by atoms with Gasteiger partial charge in [-0.1, -0.05) is 17.7 Å². The third-order valence-corrected chi connectivity index (χ3v) is 2.93. The number of halogens is 1. The summed E-state index contributed by atoms with van der Waals surface area (Å²) in [5.41, 5.74) is 0.592. The van der Waals surface area contributed by atoms with Crippen molar-refractivity contribution < 1.29 is 24.9 Å². The highest BCUT2D eigenvalue weighted by molar-refractivity contribution is 6.30. The molecule has 1 rings (SSSR count). The summed E-state index contributed by atoms with van der Waals surface area (Å²) in [6, 6.07) is 4.39. The topological polar surface area (TPSA) is 107 Å². The smallest absolute Gasteiger partial charge is 0.307 e. The van der Waals surface area contributed by atoms with Gasteiger partial charge in [0.25, 0.3) is 0 Å². The van der Waals surface area contributed by atoms with Gasteiger partial charge in [-0.05, 0) is 23.3 Å². The molecule has 4 N–H and O–H groups in total. The number of hydrogen-bond acceptors (Lipinski definition) is 4. The average molecular weight is 302 g/mol. The maximum atomic E-state index is 10.8. The molecule has 1 aromatic carbocycles. The fraction of sp³-hybridized carbons (Fsp3) is 0.385. The lowest BCUT2D eigenvalue weighted by Crippen LogP contribution is -2.34. The second kappa shape index (κ2) is 7.23. The van der Waals surface area contributed by atoms with E-state index in [1.807, 2.05) is 0 Å². The monoisotopic (exact) mass is 301 g/mol. The standard InChI is InChI=1S/C13H16ClNO5/c1-7(16)15-6-11(17)13(20)10-3-2-9(14)4-8(10)5-12(18)19/h2-4,11,13,17,20H,5-6H2,1H3,(H,15,16)(H,18,19). The highest BCUT2D eigenvalue weighted by atomic mass is 35.5. The molecule has 0 spiro atoms. The number of amides is 1. The molecule has 0 radical (unpaired) electrons. The lowest BCUT2D eigenvalue weighted by atomic mass is 9.96. The lowest BCUT2D eigenvalue weighted by Gasteiger charge is -2.20. The van der Waals surface area contributed by atoms with Crippen LogP contribution in [0, 0.1) is 0 Å². The van der Waals surface area contributed by atoms with E-state index in [4.69, 9.17) is 16.7 Å². The third-order valence-electron chi connectivity index (χ3n) is 2.69. The van der Waals surface area contributed by atoms with Crippen LogP contribution in [0.1, 0.15) is 24.2 Å². The van der Waals surface area contributed by atoms with Crippen LogP contribution in [0.2, 0.25) is 5.02 Å². The minimum Gasteiger partial charge on any atom is -0.481 e. The molecule has 0 saturated heterocycles. The highest BCUT2D eigenvalue weighted by Crippen LogP contribution is 2.25. The van der Waals surface area contributed by atoms with E-state index in [0.29, 0.717) is 10.6 Å². The number of carboxylic acids is 1. The first-order valence-corrected chi connectivity index (χ1v) is 6.29. The van der Waals surface area contributed by atoms with Gasteiger partial charge in [-0.15, -0.1) is 0 Å². The van der Waals surface area contributed by atoms with Gasteiger partial charge in [0.2, 0.25) is 5.91 Å². The molecule has 2 unspecified atom stereocenters. The predicted molar refractivity (Wildman–Crippen MR) is 72.4 cm³/mol. The SMILES string of the molecule is CC(=O)NCC(O)C(O)c1ccc(Cl)cc1CC(=O)O. The van der Waals surface area contributed by atoms with Crippen molar-refractivity contribution in [3.8, 4) is 0 Å². The molecule has 1 amide bonds. The maximum absolute atomic E-state index is 10.8. The molecule has 0 aromatic heterocycles. The summed E-state index contributed by atoms with van der Waals surface area (Å²) in [6.45, 7) is 1.16. The van der Waals surface area contributed by atoms with Gasteiger partial charge < -0.3 is 20.6 Å². The summed E-state index contributed by atoms with van der Waals surface area (Å²) in [7, 11) is 0. The van der Waals surface area contributed by atoms with E-state index in [1.54, 1.807) is 0 Å². The molecule has 0 fully saturated rings. The molecule has 0 heterocycles. The molecule has 110 valence electrons. The Morgan fingerprint density at radius 1 is 1.35 bits per heavy atom. The number of benzene rings is 1. The summed E-state index contributed by atoms with van der Waals surface area (Å²) in [4.78, 5) is 21.6. The van der Waals surface area contributed by atoms with Crippen molar-refractivity contribution >= 4 is 23.5 Å². The number of aliphatic carboxylic acids is 1. The molecule has 0 aliphatic rings. The number of carbonyl (C=O) groups is 2. The van der Waals surface area contributed by atoms with Crippen molar-refractivity contribution in [3.05, 3.63) is 34.3 Å². The summed E-state index contributed by atoms with van der Waals surface area (Å²) >= 11 is 5.79. The zero-order valence-corrected chi connectivity index (χ0v) is 11.6. The van der Waals surface area contributed by atoms with Crippen LogP contribution in [0.4, 0.5) is 0 Å². The van der Waals surface area contributed by atoms with Crippen molar-refractivity contribution in [2.45, 2.75) is 25.6 Å². The summed E-state index contributed by atoms with van der Waals surface area (Å²) < 4.78 is 0. The van der Waals surface area contributed by atoms with Crippen molar-refractivity contribution in [2.75, 3.05) is 6.54 Å². The second-order valence-corrected chi connectivity index (χ2v) is 4.80. The Kier molecular flexibility index (Phi) is 5.94. The largest absolute Gasteiger partial charge is 0.481 e. The normalized spacial score (nSPS) is 13.6. The molecule has 2 atom stereocenters. The van der Waals surface area contributed by atoms with Gasteiger partial charge in [0.15, 0.2) is 0 Å². The number of carboxylic acid groups (broad SMARTS) is 1. The molecule has 0 saturated carbocycles. The highest BCUT2D eigenvalue weighted by Gasteiger charge is 2.22. The van der Waals surface area contributed by atoms with Crippen LogP contribution in [0.5, 0.6) is 0 Å². The fourth-order valence-corrected chi connectivity index (χ4v) is 1.94. The Morgan fingerprint density at radius 3 is 2.55 bits per heavy atom. The van der Waals surface area contributed by atoms with Crippen LogP contribution in [-0.2, 0) is 16.0 Å². The molecule has 0 aliphatic heterocycles. The number of nitrogens with one attached hydrogen (secondary N) is 1. The Hall–Kier alpha value is -1.63. The molecule has 0 aliphatic carbocycles. The summed E-state index contributed by atoms with van der Waals surface area (Å²) in [5.74, 6) is -1.41. The minimum absolute atomic E-state index is 0.133. The van der Waals surface area contributed by atoms with E-state index in [2.05, 4.69) is 5.32 Å². The molecule has 7 heteroatoms. The molecule has 1 aromatic rings. The van der Waals surface area contributed by atoms with Crippen molar-refractivity contribution in [1.82, 2.24) is 5.32 Å². The van der Waals surface area contributed by atoms with Crippen LogP contribution >= 0.6 is 11.6 Å². The van der Waals surface area contributed by atoms with E-state index in [0.717, 1.165) is 0 Å². The first-order chi connectivity index (χ1) is 9.31. The molecule has 0 bridgehead atoms. The Labute approximate surface area is 121 Å². The first kappa shape index (κ1) is 16.4. The number of rotatable bonds is 6. The predicted octanol–water partition coefficient (Wildman–Crippen LogP) is 0.498. The van der Waals surface area contributed by atoms with Crippen LogP contribution in [0.25, 0.3) is 0 Å². The van der Waals surface area contributed by atoms with Gasteiger partial charge in [-0.25, -0.2) is 0 Å². The van der Waals surface area contributed by atoms with Gasteiger partial charge in [0.05, 0.1) is 6.42 Å². The quantitative estimate of drug-likeness (QED) is 0.612. The van der Waals surface area contributed by atoms with Gasteiger partial charge >= 0.3 is 5.97 Å². The van der Waals surface area contributed by atoms with Crippen molar-refractivity contribution in [1.29, 1.82) is 0 Å². The van der Waals surface area contributed by atoms with E-state index >= 15 is 0 Å². The average Bonchev–Trinajstić information content (AvgIpc) is 2.34. The van der Waals surface area contributed by atoms with Gasteiger partial charge in [0, 0.05) is 18.5 Å². The number of aliphatic hydroxyl groups is 2. The van der Waals surface area contributed by atoms with Gasteiger partial charge in [-0.3, -0.25) is 9.59 Å². The number of carbonyl (C=O) groups excluding carboxylic acids is 1. The Bertz CT molecular complexity index is 506. The van der Waals surface area contributed by atoms with Gasteiger partial charge in [0.1, 0.15) is 12.2 Å². The zero-order chi connectivity index (χ0) is 15.3. The fourth-order valence-electron chi connectivity index (χ4n) is 1.75. The van der Waals surface area contributed by atoms with E-state index in [-0.39, 0.29) is 24.4 Å². The van der Waals surface area contributed by atoms with Gasteiger partial charge in [-0.2, -0.15) is 0 Å². The molecule has 20 heavy (non-hydrogen) atoms. The first-order valence-electron chi connectivity index (χ1n) is 5.92. The number of aliphatic hydroxyl groups excluding tert-OH is 2. The summed E-state index contributed by atoms with van der Waals surface area (Å²) in [5, 5.41) is 31.4. The third kappa shape index (κ3) is 4.80. The minimum atomic E-state index is -1.31. The molecule has 6 nitrogen and oxygen atoms in total. The van der Waals surface area contributed by atoms with E-state index in [9.17, 15) is 19.8 Å². The van der Waals surface area contributed by atoms with Crippen molar-refractivity contribution in [2.24, 2.45) is 0 Å². The van der Waals surface area contributed by atoms with Crippen molar-refractivity contribution in [3.63, 3.8) is 0 Å². The zero-order valence-electron chi connectivity index (χ0n) is 10.8. The summed E-state index contributed by atoms with van der Waals surface area (Å²) in [6.07, 6.45) is -2.87. The van der Waals surface area contributed by atoms with Crippen LogP contribution in [0.3, 0.4) is 0 Å². The Morgan fingerprint density at radius 2 is 2.00 bits per heavy atom. The molecular weight excluding hydrogens is 286 g/mol. The Balaban J connectivity index is 2.93. The van der Waals surface area contributed by atoms with E-state index < -0.39 is 18.2 Å². The van der Waals surface area contributed by atoms with Crippen LogP contribution in [-0.4, -0.2) is 39.8 Å². The molecular formula is C13H16ClNO5. The van der Waals surface area contributed by atoms with Crippen LogP contribution in [0.15, 0.2) is 18.2 Å². The van der Waals surface area contributed by atoms with Crippen LogP contribution < -0.4 is 5.32 Å². The van der Waals surface area contributed by atoms with E-state index in [1.165, 1.54) is 25.1 Å². The number of hydrogen-bond donors (Lipinski definition) is 4.